The maximum atomic E-state index is 13.7. The standard InChI is InChI=1S/C46H68O13/c1-14-26(2)20-29(5)21-27(3)16-15-17-30(6)42(56-34(10)50)31(7)22-28(4)18-19-39(55-33(9)49)46(12,13)40-24-37(52)41(45(53)59-40)44-43(57-35(11)51)38(54-32(8)48)23-36(25-47)58-44/h15-16,18-19,21-22,24,26,29-31,36,38-39,42-44,47,52H,14,17,20,23,25H2,1-13H3. The lowest BCUT2D eigenvalue weighted by molar-refractivity contribution is -0.213. The second kappa shape index (κ2) is 23.3. The number of aliphatic hydroxyl groups excluding tert-OH is 1. The molecule has 0 amide bonds. The lowest BCUT2D eigenvalue weighted by atomic mass is 9.82. The summed E-state index contributed by atoms with van der Waals surface area (Å²) < 4.78 is 33.9. The van der Waals surface area contributed by atoms with E-state index < -0.39 is 83.5 Å². The molecule has 0 saturated carbocycles. The maximum absolute atomic E-state index is 13.7. The monoisotopic (exact) mass is 828 g/mol. The number of esters is 4. The Morgan fingerprint density at radius 2 is 1.51 bits per heavy atom. The number of carbonyl (C=O) groups excluding carboxylic acids is 4. The molecule has 10 atom stereocenters. The lowest BCUT2D eigenvalue weighted by Crippen LogP contribution is -2.49. The molecule has 330 valence electrons. The minimum absolute atomic E-state index is 0.000164. The molecule has 2 heterocycles. The van der Waals surface area contributed by atoms with Crippen molar-refractivity contribution in [3.05, 3.63) is 75.4 Å². The maximum Gasteiger partial charge on any atom is 0.345 e. The highest BCUT2D eigenvalue weighted by atomic mass is 16.6. The molecular formula is C46H68O13. The molecule has 0 aromatic carbocycles. The second-order valence-electron chi connectivity index (χ2n) is 16.7. The number of ether oxygens (including phenoxy) is 5. The molecule has 13 heteroatoms. The summed E-state index contributed by atoms with van der Waals surface area (Å²) in [7, 11) is 0. The van der Waals surface area contributed by atoms with E-state index in [2.05, 4.69) is 45.9 Å². The molecule has 1 aliphatic rings. The van der Waals surface area contributed by atoms with Crippen LogP contribution in [0, 0.1) is 23.7 Å². The predicted molar refractivity (Wildman–Crippen MR) is 223 cm³/mol. The smallest absolute Gasteiger partial charge is 0.345 e. The first-order valence-corrected chi connectivity index (χ1v) is 20.5. The zero-order valence-electron chi connectivity index (χ0n) is 37.2. The van der Waals surface area contributed by atoms with E-state index in [0.717, 1.165) is 32.3 Å². The van der Waals surface area contributed by atoms with Crippen LogP contribution in [0.2, 0.25) is 0 Å². The zero-order chi connectivity index (χ0) is 44.8. The van der Waals surface area contributed by atoms with Crippen molar-refractivity contribution in [2.24, 2.45) is 23.7 Å². The van der Waals surface area contributed by atoms with Crippen molar-refractivity contribution < 1.29 is 57.5 Å². The van der Waals surface area contributed by atoms with Crippen LogP contribution < -0.4 is 5.63 Å². The highest BCUT2D eigenvalue weighted by Gasteiger charge is 2.47. The number of allylic oxidation sites excluding steroid dienone is 6. The van der Waals surface area contributed by atoms with E-state index in [4.69, 9.17) is 28.1 Å². The average molecular weight is 829 g/mol. The molecule has 1 fully saturated rings. The van der Waals surface area contributed by atoms with Crippen molar-refractivity contribution in [3.8, 4) is 5.75 Å². The van der Waals surface area contributed by atoms with Crippen LogP contribution in [0.4, 0.5) is 0 Å². The highest BCUT2D eigenvalue weighted by Crippen LogP contribution is 2.40. The number of hydrogen-bond donors (Lipinski definition) is 2. The number of aliphatic hydroxyl groups is 1. The van der Waals surface area contributed by atoms with Gasteiger partial charge in [-0.3, -0.25) is 19.2 Å². The van der Waals surface area contributed by atoms with Crippen LogP contribution in [0.5, 0.6) is 5.75 Å². The summed E-state index contributed by atoms with van der Waals surface area (Å²) >= 11 is 0. The Hall–Kier alpha value is -4.49. The SMILES string of the molecule is CCC(C)CC(C)C=C(C)C=CCC(C)C(OC(C)=O)C(C)C=C(C)C=CC(OC(C)=O)C(C)(C)c1cc(O)c(C2OC(CO)CC(OC(C)=O)C2OC(C)=O)c(=O)o1. The predicted octanol–water partition coefficient (Wildman–Crippen LogP) is 7.91. The molecule has 1 aromatic rings. The van der Waals surface area contributed by atoms with E-state index in [-0.39, 0.29) is 30.0 Å². The van der Waals surface area contributed by atoms with Crippen LogP contribution >= 0.6 is 0 Å². The van der Waals surface area contributed by atoms with E-state index >= 15 is 0 Å². The number of carbonyl (C=O) groups is 4. The number of aromatic hydroxyl groups is 1. The first-order valence-electron chi connectivity index (χ1n) is 20.5. The average Bonchev–Trinajstić information content (AvgIpc) is 3.11. The quantitative estimate of drug-likeness (QED) is 0.0735. The summed E-state index contributed by atoms with van der Waals surface area (Å²) in [5.74, 6) is -2.10. The largest absolute Gasteiger partial charge is 0.507 e. The Bertz CT molecular complexity index is 1770. The Labute approximate surface area is 349 Å². The molecular weight excluding hydrogens is 760 g/mol. The van der Waals surface area contributed by atoms with Gasteiger partial charge in [-0.15, -0.1) is 0 Å². The highest BCUT2D eigenvalue weighted by molar-refractivity contribution is 5.68. The minimum Gasteiger partial charge on any atom is -0.507 e. The number of rotatable bonds is 20. The Kier molecular flexibility index (Phi) is 20.0. The second-order valence-corrected chi connectivity index (χ2v) is 16.7. The molecule has 0 spiro atoms. The van der Waals surface area contributed by atoms with Crippen LogP contribution in [0.25, 0.3) is 0 Å². The van der Waals surface area contributed by atoms with Gasteiger partial charge in [0.25, 0.3) is 0 Å². The molecule has 0 bridgehead atoms. The summed E-state index contributed by atoms with van der Waals surface area (Å²) in [6.07, 6.45) is 8.58. The van der Waals surface area contributed by atoms with Crippen molar-refractivity contribution in [3.63, 3.8) is 0 Å². The van der Waals surface area contributed by atoms with Crippen molar-refractivity contribution in [2.45, 2.75) is 158 Å². The van der Waals surface area contributed by atoms with Gasteiger partial charge in [-0.1, -0.05) is 82.6 Å². The van der Waals surface area contributed by atoms with Gasteiger partial charge in [0, 0.05) is 46.1 Å². The van der Waals surface area contributed by atoms with Gasteiger partial charge in [0.1, 0.15) is 41.5 Å². The Morgan fingerprint density at radius 3 is 2.05 bits per heavy atom. The molecule has 2 N–H and O–H groups in total. The topological polar surface area (TPSA) is 185 Å². The van der Waals surface area contributed by atoms with Crippen LogP contribution in [0.15, 0.2) is 62.9 Å². The fourth-order valence-electron chi connectivity index (χ4n) is 7.47. The van der Waals surface area contributed by atoms with Gasteiger partial charge in [-0.05, 0) is 64.4 Å². The Balaban J connectivity index is 2.42. The van der Waals surface area contributed by atoms with Crippen LogP contribution in [-0.2, 0) is 48.3 Å². The fraction of sp³-hybridized carbons (Fsp3) is 0.630. The minimum atomic E-state index is -1.47. The van der Waals surface area contributed by atoms with Crippen molar-refractivity contribution in [1.29, 1.82) is 0 Å². The van der Waals surface area contributed by atoms with Crippen LogP contribution in [0.1, 0.15) is 133 Å². The van der Waals surface area contributed by atoms with Crippen molar-refractivity contribution >= 4 is 23.9 Å². The third-order valence-electron chi connectivity index (χ3n) is 10.6. The molecule has 10 unspecified atom stereocenters. The van der Waals surface area contributed by atoms with E-state index in [0.29, 0.717) is 18.3 Å². The van der Waals surface area contributed by atoms with Gasteiger partial charge in [-0.2, -0.15) is 0 Å². The summed E-state index contributed by atoms with van der Waals surface area (Å²) in [5.41, 5.74) is -0.721. The van der Waals surface area contributed by atoms with Gasteiger partial charge >= 0.3 is 29.5 Å². The zero-order valence-corrected chi connectivity index (χ0v) is 37.2. The van der Waals surface area contributed by atoms with E-state index in [9.17, 15) is 34.2 Å². The molecule has 13 nitrogen and oxygen atoms in total. The van der Waals surface area contributed by atoms with E-state index in [1.165, 1.54) is 25.5 Å². The van der Waals surface area contributed by atoms with Crippen molar-refractivity contribution in [1.82, 2.24) is 0 Å². The molecule has 2 rings (SSSR count). The van der Waals surface area contributed by atoms with Crippen LogP contribution in [-0.4, -0.2) is 71.2 Å². The van der Waals surface area contributed by atoms with Gasteiger partial charge < -0.3 is 38.3 Å². The summed E-state index contributed by atoms with van der Waals surface area (Å²) in [6, 6.07) is 1.19. The fourth-order valence-corrected chi connectivity index (χ4v) is 7.47. The van der Waals surface area contributed by atoms with Crippen LogP contribution in [0.3, 0.4) is 0 Å². The molecule has 0 aliphatic carbocycles. The molecule has 1 aliphatic heterocycles. The van der Waals surface area contributed by atoms with E-state index in [1.807, 2.05) is 26.8 Å². The van der Waals surface area contributed by atoms with Gasteiger partial charge in [0.2, 0.25) is 0 Å². The molecule has 0 radical (unpaired) electrons. The van der Waals surface area contributed by atoms with Gasteiger partial charge in [0.05, 0.1) is 18.1 Å². The normalized spacial score (nSPS) is 22.3. The number of hydrogen-bond acceptors (Lipinski definition) is 13. The summed E-state index contributed by atoms with van der Waals surface area (Å²) in [5, 5.41) is 21.2. The molecule has 59 heavy (non-hydrogen) atoms. The first-order chi connectivity index (χ1) is 27.5. The summed E-state index contributed by atoms with van der Waals surface area (Å²) in [6.45, 7) is 22.4. The molecule has 1 saturated heterocycles. The van der Waals surface area contributed by atoms with Crippen molar-refractivity contribution in [2.75, 3.05) is 6.61 Å². The van der Waals surface area contributed by atoms with Gasteiger partial charge in [-0.25, -0.2) is 4.79 Å². The summed E-state index contributed by atoms with van der Waals surface area (Å²) in [4.78, 5) is 62.2. The third kappa shape index (κ3) is 15.9. The Morgan fingerprint density at radius 1 is 0.898 bits per heavy atom. The van der Waals surface area contributed by atoms with Gasteiger partial charge in [0.15, 0.2) is 6.10 Å². The first kappa shape index (κ1) is 50.7. The molecule has 1 aromatic heterocycles. The lowest BCUT2D eigenvalue weighted by Gasteiger charge is -2.40. The van der Waals surface area contributed by atoms with E-state index in [1.54, 1.807) is 26.0 Å². The third-order valence-corrected chi connectivity index (χ3v) is 10.6.